The van der Waals surface area contributed by atoms with Gasteiger partial charge in [-0.1, -0.05) is 6.07 Å². The Labute approximate surface area is 131 Å². The van der Waals surface area contributed by atoms with Gasteiger partial charge in [-0.05, 0) is 49.8 Å². The van der Waals surface area contributed by atoms with E-state index in [0.29, 0.717) is 17.9 Å². The average molecular weight is 305 g/mol. The molecule has 1 aliphatic rings. The van der Waals surface area contributed by atoms with Gasteiger partial charge in [-0.2, -0.15) is 0 Å². The number of amides is 1. The van der Waals surface area contributed by atoms with E-state index < -0.39 is 5.97 Å². The first-order valence-electron chi connectivity index (χ1n) is 7.79. The molecule has 1 aromatic carbocycles. The Morgan fingerprint density at radius 3 is 2.82 bits per heavy atom. The lowest BCUT2D eigenvalue weighted by molar-refractivity contribution is -0.131. The van der Waals surface area contributed by atoms with Crippen molar-refractivity contribution in [2.45, 2.75) is 32.6 Å². The second-order valence-electron chi connectivity index (χ2n) is 5.58. The van der Waals surface area contributed by atoms with E-state index in [1.807, 2.05) is 0 Å². The van der Waals surface area contributed by atoms with Gasteiger partial charge in [0, 0.05) is 32.2 Å². The maximum atomic E-state index is 12.1. The van der Waals surface area contributed by atoms with Crippen LogP contribution in [0.25, 0.3) is 0 Å². The number of hydrogen-bond donors (Lipinski definition) is 1. The molecule has 0 bridgehead atoms. The van der Waals surface area contributed by atoms with Crippen LogP contribution < -0.4 is 10.1 Å². The molecule has 1 amide bonds. The molecule has 0 spiro atoms. The number of hydrogen-bond acceptors (Lipinski definition) is 4. The predicted octanol–water partition coefficient (Wildman–Crippen LogP) is 2.55. The molecule has 0 unspecified atom stereocenters. The molecule has 1 aliphatic heterocycles. The zero-order valence-corrected chi connectivity index (χ0v) is 13.0. The Morgan fingerprint density at radius 2 is 2.09 bits per heavy atom. The van der Waals surface area contributed by atoms with E-state index in [2.05, 4.69) is 5.32 Å². The molecule has 22 heavy (non-hydrogen) atoms. The quantitative estimate of drug-likeness (QED) is 0.498. The molecule has 1 heterocycles. The molecule has 0 radical (unpaired) electrons. The number of benzene rings is 1. The molecule has 1 aromatic rings. The molecule has 0 aliphatic carbocycles. The molecule has 2 rings (SSSR count). The fourth-order valence-corrected chi connectivity index (χ4v) is 2.60. The number of nitrogens with one attached hydrogen (secondary N) is 1. The number of rotatable bonds is 6. The average Bonchev–Trinajstić information content (AvgIpc) is 2.52. The summed E-state index contributed by atoms with van der Waals surface area (Å²) < 4.78 is 10.3. The second-order valence-corrected chi connectivity index (χ2v) is 5.58. The summed E-state index contributed by atoms with van der Waals surface area (Å²) in [6, 6.07) is 6.65. The Balaban J connectivity index is 1.73. The topological polar surface area (TPSA) is 64.6 Å². The van der Waals surface area contributed by atoms with Crippen molar-refractivity contribution in [2.24, 2.45) is 5.92 Å². The van der Waals surface area contributed by atoms with Gasteiger partial charge in [-0.3, -0.25) is 9.59 Å². The third-order valence-electron chi connectivity index (χ3n) is 3.77. The van der Waals surface area contributed by atoms with Crippen molar-refractivity contribution in [3.05, 3.63) is 29.8 Å². The Hall–Kier alpha value is -1.88. The summed E-state index contributed by atoms with van der Waals surface area (Å²) in [5.41, 5.74) is 0.504. The Kier molecular flexibility index (Phi) is 6.40. The van der Waals surface area contributed by atoms with Crippen molar-refractivity contribution in [1.82, 2.24) is 5.32 Å². The predicted molar refractivity (Wildman–Crippen MR) is 82.9 cm³/mol. The highest BCUT2D eigenvalue weighted by Crippen LogP contribution is 2.19. The zero-order chi connectivity index (χ0) is 15.8. The van der Waals surface area contributed by atoms with Crippen LogP contribution in [-0.2, 0) is 9.53 Å². The second kappa shape index (κ2) is 8.54. The molecule has 120 valence electrons. The van der Waals surface area contributed by atoms with Crippen molar-refractivity contribution < 1.29 is 19.1 Å². The van der Waals surface area contributed by atoms with E-state index in [0.717, 1.165) is 44.8 Å². The molecule has 1 fully saturated rings. The van der Waals surface area contributed by atoms with Crippen molar-refractivity contribution >= 4 is 11.9 Å². The van der Waals surface area contributed by atoms with Crippen LogP contribution in [0.4, 0.5) is 0 Å². The third-order valence-corrected chi connectivity index (χ3v) is 3.77. The van der Waals surface area contributed by atoms with Crippen LogP contribution in [0.1, 0.15) is 43.0 Å². The van der Waals surface area contributed by atoms with Gasteiger partial charge >= 0.3 is 5.97 Å². The van der Waals surface area contributed by atoms with Gasteiger partial charge in [0.2, 0.25) is 0 Å². The maximum absolute atomic E-state index is 12.1. The van der Waals surface area contributed by atoms with Gasteiger partial charge in [0.25, 0.3) is 5.91 Å². The number of esters is 1. The monoisotopic (exact) mass is 305 g/mol. The van der Waals surface area contributed by atoms with Gasteiger partial charge in [-0.25, -0.2) is 0 Å². The summed E-state index contributed by atoms with van der Waals surface area (Å²) in [5.74, 6) is 0.579. The minimum atomic E-state index is -0.394. The van der Waals surface area contributed by atoms with Gasteiger partial charge in [0.1, 0.15) is 5.75 Å². The van der Waals surface area contributed by atoms with E-state index >= 15 is 0 Å². The maximum Gasteiger partial charge on any atom is 0.308 e. The highest BCUT2D eigenvalue weighted by atomic mass is 16.5. The standard InChI is InChI=1S/C17H23NO4/c1-13(19)22-16-6-2-5-15(12-16)17(20)18-9-3-4-14-7-10-21-11-8-14/h2,5-6,12,14H,3-4,7-11H2,1H3,(H,18,20). The minimum absolute atomic E-state index is 0.138. The minimum Gasteiger partial charge on any atom is -0.427 e. The summed E-state index contributed by atoms with van der Waals surface area (Å²) in [6.07, 6.45) is 4.34. The summed E-state index contributed by atoms with van der Waals surface area (Å²) in [6.45, 7) is 3.72. The van der Waals surface area contributed by atoms with Gasteiger partial charge < -0.3 is 14.8 Å². The fraction of sp³-hybridized carbons (Fsp3) is 0.529. The molecule has 0 aromatic heterocycles. The smallest absolute Gasteiger partial charge is 0.308 e. The van der Waals surface area contributed by atoms with Crippen LogP contribution in [0.15, 0.2) is 24.3 Å². The first kappa shape index (κ1) is 16.5. The normalized spacial score (nSPS) is 15.3. The number of carbonyl (C=O) groups is 2. The number of ether oxygens (including phenoxy) is 2. The van der Waals surface area contributed by atoms with Crippen LogP contribution in [0.2, 0.25) is 0 Å². The van der Waals surface area contributed by atoms with E-state index in [1.165, 1.54) is 6.92 Å². The summed E-state index contributed by atoms with van der Waals surface area (Å²) >= 11 is 0. The van der Waals surface area contributed by atoms with Crippen LogP contribution >= 0.6 is 0 Å². The van der Waals surface area contributed by atoms with Crippen LogP contribution in [0, 0.1) is 5.92 Å². The lowest BCUT2D eigenvalue weighted by atomic mass is 9.95. The Bertz CT molecular complexity index is 509. The van der Waals surface area contributed by atoms with Crippen molar-refractivity contribution in [3.63, 3.8) is 0 Å². The van der Waals surface area contributed by atoms with E-state index in [1.54, 1.807) is 24.3 Å². The first-order valence-corrected chi connectivity index (χ1v) is 7.79. The van der Waals surface area contributed by atoms with Crippen LogP contribution in [0.3, 0.4) is 0 Å². The van der Waals surface area contributed by atoms with Gasteiger partial charge in [0.05, 0.1) is 0 Å². The van der Waals surface area contributed by atoms with Crippen LogP contribution in [0.5, 0.6) is 5.75 Å². The third kappa shape index (κ3) is 5.48. The SMILES string of the molecule is CC(=O)Oc1cccc(C(=O)NCCCC2CCOCC2)c1. The summed E-state index contributed by atoms with van der Waals surface area (Å²) in [7, 11) is 0. The molecule has 5 heteroatoms. The lowest BCUT2D eigenvalue weighted by Gasteiger charge is -2.21. The molecule has 0 saturated carbocycles. The molecular weight excluding hydrogens is 282 g/mol. The molecule has 5 nitrogen and oxygen atoms in total. The number of carbonyl (C=O) groups excluding carboxylic acids is 2. The van der Waals surface area contributed by atoms with Crippen LogP contribution in [-0.4, -0.2) is 31.6 Å². The highest BCUT2D eigenvalue weighted by molar-refractivity contribution is 5.94. The van der Waals surface area contributed by atoms with Crippen molar-refractivity contribution in [1.29, 1.82) is 0 Å². The highest BCUT2D eigenvalue weighted by Gasteiger charge is 2.13. The summed E-state index contributed by atoms with van der Waals surface area (Å²) in [5, 5.41) is 2.91. The molecular formula is C17H23NO4. The van der Waals surface area contributed by atoms with E-state index in [-0.39, 0.29) is 5.91 Å². The van der Waals surface area contributed by atoms with E-state index in [9.17, 15) is 9.59 Å². The summed E-state index contributed by atoms with van der Waals surface area (Å²) in [4.78, 5) is 23.0. The van der Waals surface area contributed by atoms with Crippen molar-refractivity contribution in [3.8, 4) is 5.75 Å². The van der Waals surface area contributed by atoms with Gasteiger partial charge in [-0.15, -0.1) is 0 Å². The zero-order valence-electron chi connectivity index (χ0n) is 13.0. The molecule has 1 N–H and O–H groups in total. The molecule has 0 atom stereocenters. The first-order chi connectivity index (χ1) is 10.6. The fourth-order valence-electron chi connectivity index (χ4n) is 2.60. The van der Waals surface area contributed by atoms with E-state index in [4.69, 9.17) is 9.47 Å². The van der Waals surface area contributed by atoms with Gasteiger partial charge in [0.15, 0.2) is 0 Å². The Morgan fingerprint density at radius 1 is 1.32 bits per heavy atom. The molecule has 1 saturated heterocycles. The largest absolute Gasteiger partial charge is 0.427 e. The lowest BCUT2D eigenvalue weighted by Crippen LogP contribution is -2.25. The van der Waals surface area contributed by atoms with Crippen molar-refractivity contribution in [2.75, 3.05) is 19.8 Å².